The summed E-state index contributed by atoms with van der Waals surface area (Å²) in [7, 11) is 1.65. The van der Waals surface area contributed by atoms with Crippen LogP contribution >= 0.6 is 0 Å². The van der Waals surface area contributed by atoms with Crippen molar-refractivity contribution in [2.45, 2.75) is 32.2 Å². The molecule has 4 rings (SSSR count). The third-order valence-corrected chi connectivity index (χ3v) is 5.68. The molecule has 7 nitrogen and oxygen atoms in total. The third-order valence-electron chi connectivity index (χ3n) is 5.68. The number of allylic oxidation sites excluding steroid dienone is 1. The molecule has 0 saturated heterocycles. The number of hydrogen-bond acceptors (Lipinski definition) is 4. The molecule has 0 spiro atoms. The number of rotatable bonds is 5. The molecule has 2 aromatic carbocycles. The number of aromatic nitrogens is 2. The Kier molecular flexibility index (Phi) is 5.95. The van der Waals surface area contributed by atoms with Crippen LogP contribution < -0.4 is 15.4 Å². The highest BCUT2D eigenvalue weighted by molar-refractivity contribution is 5.89. The summed E-state index contributed by atoms with van der Waals surface area (Å²) in [4.78, 5) is 12.4. The molecular weight excluding hydrogens is 402 g/mol. The number of nitrogens with one attached hydrogen (secondary N) is 2. The van der Waals surface area contributed by atoms with Crippen LogP contribution in [0, 0.1) is 25.2 Å². The van der Waals surface area contributed by atoms with Crippen LogP contribution in [0.1, 0.15) is 34.9 Å². The van der Waals surface area contributed by atoms with E-state index in [2.05, 4.69) is 29.7 Å². The topological polar surface area (TPSA) is 92.0 Å². The smallest absolute Gasteiger partial charge is 0.319 e. The first kappa shape index (κ1) is 21.2. The van der Waals surface area contributed by atoms with Crippen LogP contribution in [-0.2, 0) is 0 Å². The standard InChI is InChI=1S/C25H25N5O2/c1-16-24(17(2)30(29-16)22-9-11-23(32-3)12-10-22)19-7-8-21(14-19)28-25(31)27-20-6-4-5-18(13-20)15-26/h4-13,19,21H,14H2,1-3H3,(H2,27,28,31)/t19-,21-/m1/s1. The van der Waals surface area contributed by atoms with Crippen LogP contribution in [-0.4, -0.2) is 29.0 Å². The minimum atomic E-state index is -0.294. The number of anilines is 1. The van der Waals surface area contributed by atoms with Gasteiger partial charge in [0.15, 0.2) is 0 Å². The number of amides is 2. The second kappa shape index (κ2) is 8.98. The highest BCUT2D eigenvalue weighted by Crippen LogP contribution is 2.34. The molecule has 0 bridgehead atoms. The highest BCUT2D eigenvalue weighted by Gasteiger charge is 2.27. The van der Waals surface area contributed by atoms with Crippen molar-refractivity contribution >= 4 is 11.7 Å². The fraction of sp³-hybridized carbons (Fsp3) is 0.240. The fourth-order valence-electron chi connectivity index (χ4n) is 4.19. The maximum atomic E-state index is 12.4. The molecule has 0 unspecified atom stereocenters. The lowest BCUT2D eigenvalue weighted by molar-refractivity contribution is 0.250. The molecule has 0 radical (unpaired) electrons. The molecule has 0 saturated carbocycles. The summed E-state index contributed by atoms with van der Waals surface area (Å²) >= 11 is 0. The number of ether oxygens (including phenoxy) is 1. The molecule has 32 heavy (non-hydrogen) atoms. The van der Waals surface area contributed by atoms with Gasteiger partial charge < -0.3 is 15.4 Å². The van der Waals surface area contributed by atoms with Gasteiger partial charge in [-0.3, -0.25) is 0 Å². The highest BCUT2D eigenvalue weighted by atomic mass is 16.5. The quantitative estimate of drug-likeness (QED) is 0.582. The molecule has 1 aromatic heterocycles. The lowest BCUT2D eigenvalue weighted by atomic mass is 9.96. The van der Waals surface area contributed by atoms with E-state index in [-0.39, 0.29) is 18.0 Å². The van der Waals surface area contributed by atoms with E-state index in [0.29, 0.717) is 11.3 Å². The number of nitrogens with zero attached hydrogens (tertiary/aromatic N) is 3. The maximum Gasteiger partial charge on any atom is 0.319 e. The Hall–Kier alpha value is -4.05. The normalized spacial score (nSPS) is 17.1. The molecule has 2 N–H and O–H groups in total. The van der Waals surface area contributed by atoms with Gasteiger partial charge in [0.2, 0.25) is 0 Å². The van der Waals surface area contributed by atoms with E-state index in [1.807, 2.05) is 41.9 Å². The molecule has 7 heteroatoms. The van der Waals surface area contributed by atoms with Crippen molar-refractivity contribution < 1.29 is 9.53 Å². The summed E-state index contributed by atoms with van der Waals surface area (Å²) in [5, 5.41) is 19.5. The first-order chi connectivity index (χ1) is 15.5. The SMILES string of the molecule is COc1ccc(-n2nc(C)c([C@@H]3C=C[C@@H](NC(=O)Nc4cccc(C#N)c4)C3)c2C)cc1. The summed E-state index contributed by atoms with van der Waals surface area (Å²) < 4.78 is 7.20. The maximum absolute atomic E-state index is 12.4. The van der Waals surface area contributed by atoms with Gasteiger partial charge in [0, 0.05) is 28.9 Å². The van der Waals surface area contributed by atoms with Gasteiger partial charge in [-0.2, -0.15) is 10.4 Å². The van der Waals surface area contributed by atoms with Crippen molar-refractivity contribution in [3.63, 3.8) is 0 Å². The van der Waals surface area contributed by atoms with Crippen LogP contribution in [0.25, 0.3) is 5.69 Å². The van der Waals surface area contributed by atoms with E-state index in [4.69, 9.17) is 15.1 Å². The van der Waals surface area contributed by atoms with Gasteiger partial charge in [-0.15, -0.1) is 0 Å². The van der Waals surface area contributed by atoms with E-state index in [1.165, 1.54) is 5.56 Å². The molecule has 1 aliphatic rings. The number of methoxy groups -OCH3 is 1. The van der Waals surface area contributed by atoms with E-state index in [0.717, 1.165) is 29.2 Å². The average molecular weight is 428 g/mol. The van der Waals surface area contributed by atoms with Gasteiger partial charge >= 0.3 is 6.03 Å². The van der Waals surface area contributed by atoms with E-state index in [9.17, 15) is 4.79 Å². The van der Waals surface area contributed by atoms with E-state index < -0.39 is 0 Å². The second-order valence-electron chi connectivity index (χ2n) is 7.82. The van der Waals surface area contributed by atoms with Crippen LogP contribution in [0.4, 0.5) is 10.5 Å². The molecule has 0 fully saturated rings. The fourth-order valence-corrected chi connectivity index (χ4v) is 4.19. The largest absolute Gasteiger partial charge is 0.497 e. The monoisotopic (exact) mass is 427 g/mol. The minimum absolute atomic E-state index is 0.0812. The van der Waals surface area contributed by atoms with Gasteiger partial charge in [0.25, 0.3) is 0 Å². The Labute approximate surface area is 187 Å². The zero-order valence-electron chi connectivity index (χ0n) is 18.3. The summed E-state index contributed by atoms with van der Waals surface area (Å²) in [6, 6.07) is 16.4. The summed E-state index contributed by atoms with van der Waals surface area (Å²) in [5.74, 6) is 0.981. The predicted octanol–water partition coefficient (Wildman–Crippen LogP) is 4.60. The number of benzene rings is 2. The van der Waals surface area contributed by atoms with Crippen LogP contribution in [0.2, 0.25) is 0 Å². The molecule has 0 aliphatic heterocycles. The molecule has 1 heterocycles. The van der Waals surface area contributed by atoms with Crippen molar-refractivity contribution in [2.24, 2.45) is 0 Å². The molecule has 3 aromatic rings. The van der Waals surface area contributed by atoms with E-state index in [1.54, 1.807) is 31.4 Å². The Balaban J connectivity index is 1.43. The van der Waals surface area contributed by atoms with Gasteiger partial charge in [-0.05, 0) is 62.7 Å². The lowest BCUT2D eigenvalue weighted by Gasteiger charge is -2.15. The summed E-state index contributed by atoms with van der Waals surface area (Å²) in [6.07, 6.45) is 4.93. The zero-order chi connectivity index (χ0) is 22.7. The number of carbonyl (C=O) groups is 1. The summed E-state index contributed by atoms with van der Waals surface area (Å²) in [5.41, 5.74) is 5.32. The Morgan fingerprint density at radius 2 is 1.97 bits per heavy atom. The lowest BCUT2D eigenvalue weighted by Crippen LogP contribution is -2.36. The molecule has 1 aliphatic carbocycles. The first-order valence-corrected chi connectivity index (χ1v) is 10.4. The second-order valence-corrected chi connectivity index (χ2v) is 7.82. The molecule has 2 atom stereocenters. The molecule has 162 valence electrons. The number of urea groups is 1. The van der Waals surface area contributed by atoms with Crippen LogP contribution in [0.3, 0.4) is 0 Å². The third kappa shape index (κ3) is 4.35. The number of nitriles is 1. The zero-order valence-corrected chi connectivity index (χ0v) is 18.3. The Bertz CT molecular complexity index is 1200. The minimum Gasteiger partial charge on any atom is -0.497 e. The first-order valence-electron chi connectivity index (χ1n) is 10.4. The van der Waals surface area contributed by atoms with Crippen molar-refractivity contribution in [1.29, 1.82) is 5.26 Å². The molecular formula is C25H25N5O2. The Morgan fingerprint density at radius 3 is 2.69 bits per heavy atom. The number of aryl methyl sites for hydroxylation is 1. The van der Waals surface area contributed by atoms with Crippen molar-refractivity contribution in [2.75, 3.05) is 12.4 Å². The molecule has 2 amide bonds. The Morgan fingerprint density at radius 1 is 1.19 bits per heavy atom. The summed E-state index contributed by atoms with van der Waals surface area (Å²) in [6.45, 7) is 4.09. The van der Waals surface area contributed by atoms with Crippen LogP contribution in [0.5, 0.6) is 5.75 Å². The van der Waals surface area contributed by atoms with Crippen molar-refractivity contribution in [1.82, 2.24) is 15.1 Å². The van der Waals surface area contributed by atoms with Gasteiger partial charge in [-0.25, -0.2) is 9.48 Å². The predicted molar refractivity (Wildman–Crippen MR) is 123 cm³/mol. The van der Waals surface area contributed by atoms with Gasteiger partial charge in [0.05, 0.1) is 30.1 Å². The van der Waals surface area contributed by atoms with Crippen molar-refractivity contribution in [3.8, 4) is 17.5 Å². The van der Waals surface area contributed by atoms with Crippen molar-refractivity contribution in [3.05, 3.63) is 83.2 Å². The average Bonchev–Trinajstić information content (AvgIpc) is 3.36. The number of hydrogen-bond donors (Lipinski definition) is 2. The van der Waals surface area contributed by atoms with Gasteiger partial charge in [-0.1, -0.05) is 18.2 Å². The number of carbonyl (C=O) groups excluding carboxylic acids is 1. The van der Waals surface area contributed by atoms with Crippen LogP contribution in [0.15, 0.2) is 60.7 Å². The van der Waals surface area contributed by atoms with Gasteiger partial charge in [0.1, 0.15) is 5.75 Å². The van der Waals surface area contributed by atoms with E-state index >= 15 is 0 Å².